The van der Waals surface area contributed by atoms with Crippen molar-refractivity contribution in [1.82, 2.24) is 5.32 Å². The zero-order chi connectivity index (χ0) is 19.4. The van der Waals surface area contributed by atoms with Crippen LogP contribution >= 0.6 is 0 Å². The van der Waals surface area contributed by atoms with E-state index < -0.39 is 24.5 Å². The molecule has 1 atom stereocenters. The second kappa shape index (κ2) is 8.03. The van der Waals surface area contributed by atoms with Gasteiger partial charge in [-0.25, -0.2) is 4.79 Å². The third-order valence-electron chi connectivity index (χ3n) is 4.75. The fourth-order valence-corrected chi connectivity index (χ4v) is 3.45. The molecular formula is C21H21NO5. The smallest absolute Gasteiger partial charge is 0.407 e. The summed E-state index contributed by atoms with van der Waals surface area (Å²) in [7, 11) is 0. The average Bonchev–Trinajstić information content (AvgIpc) is 2.99. The van der Waals surface area contributed by atoms with Crippen molar-refractivity contribution in [2.75, 3.05) is 6.61 Å². The van der Waals surface area contributed by atoms with Crippen LogP contribution in [-0.4, -0.2) is 35.6 Å². The van der Waals surface area contributed by atoms with E-state index in [-0.39, 0.29) is 24.7 Å². The van der Waals surface area contributed by atoms with Crippen molar-refractivity contribution in [3.8, 4) is 11.1 Å². The maximum atomic E-state index is 12.2. The van der Waals surface area contributed by atoms with E-state index >= 15 is 0 Å². The number of nitrogens with one attached hydrogen (secondary N) is 1. The highest BCUT2D eigenvalue weighted by Crippen LogP contribution is 2.44. The van der Waals surface area contributed by atoms with E-state index in [1.54, 1.807) is 6.92 Å². The summed E-state index contributed by atoms with van der Waals surface area (Å²) < 4.78 is 5.35. The van der Waals surface area contributed by atoms with Crippen molar-refractivity contribution in [2.24, 2.45) is 0 Å². The Hall–Kier alpha value is -3.15. The minimum absolute atomic E-state index is 0.0945. The highest BCUT2D eigenvalue weighted by Gasteiger charge is 2.29. The van der Waals surface area contributed by atoms with Gasteiger partial charge in [0.05, 0.1) is 6.42 Å². The third kappa shape index (κ3) is 4.00. The number of ether oxygens (including phenoxy) is 1. The molecule has 0 saturated carbocycles. The minimum Gasteiger partial charge on any atom is -0.481 e. The molecule has 2 aromatic carbocycles. The van der Waals surface area contributed by atoms with Crippen LogP contribution in [0.1, 0.15) is 36.8 Å². The van der Waals surface area contributed by atoms with E-state index in [0.717, 1.165) is 22.3 Å². The van der Waals surface area contributed by atoms with Crippen LogP contribution in [0, 0.1) is 0 Å². The number of rotatable bonds is 7. The molecule has 0 saturated heterocycles. The lowest BCUT2D eigenvalue weighted by Gasteiger charge is -2.17. The van der Waals surface area contributed by atoms with Crippen molar-refractivity contribution in [3.63, 3.8) is 0 Å². The standard InChI is InChI=1S/C21H21NO5/c1-2-19(23)18(11-20(24)25)22-21(26)27-12-17-15-9-5-3-7-13(15)14-8-4-6-10-16(14)17/h3-10,17-18H,2,11-12H2,1H3,(H,22,26)(H,24,25). The maximum absolute atomic E-state index is 12.2. The molecule has 140 valence electrons. The van der Waals surface area contributed by atoms with Crippen LogP contribution in [-0.2, 0) is 14.3 Å². The number of carboxylic acids is 1. The van der Waals surface area contributed by atoms with Gasteiger partial charge in [-0.1, -0.05) is 55.5 Å². The summed E-state index contributed by atoms with van der Waals surface area (Å²) in [5, 5.41) is 11.3. The second-order valence-corrected chi connectivity index (χ2v) is 6.44. The lowest BCUT2D eigenvalue weighted by atomic mass is 9.98. The number of alkyl carbamates (subject to hydrolysis) is 1. The summed E-state index contributed by atoms with van der Waals surface area (Å²) in [5.41, 5.74) is 4.40. The molecule has 0 aliphatic heterocycles. The normalized spacial score (nSPS) is 13.4. The van der Waals surface area contributed by atoms with Gasteiger partial charge >= 0.3 is 12.1 Å². The first-order valence-electron chi connectivity index (χ1n) is 8.87. The quantitative estimate of drug-likeness (QED) is 0.783. The molecular weight excluding hydrogens is 346 g/mol. The Bertz CT molecular complexity index is 831. The van der Waals surface area contributed by atoms with Crippen LogP contribution in [0.5, 0.6) is 0 Å². The molecule has 1 aliphatic rings. The topological polar surface area (TPSA) is 92.7 Å². The highest BCUT2D eigenvalue weighted by atomic mass is 16.5. The Balaban J connectivity index is 1.70. The number of Topliss-reactive ketones (excluding diaryl/α,β-unsaturated/α-hetero) is 1. The number of hydrogen-bond donors (Lipinski definition) is 2. The van der Waals surface area contributed by atoms with Crippen molar-refractivity contribution in [3.05, 3.63) is 59.7 Å². The molecule has 2 aromatic rings. The molecule has 0 spiro atoms. The Morgan fingerprint density at radius 3 is 2.11 bits per heavy atom. The summed E-state index contributed by atoms with van der Waals surface area (Å²) in [6.45, 7) is 1.73. The van der Waals surface area contributed by atoms with Crippen LogP contribution < -0.4 is 5.32 Å². The number of amides is 1. The van der Waals surface area contributed by atoms with E-state index in [0.29, 0.717) is 0 Å². The maximum Gasteiger partial charge on any atom is 0.407 e. The first-order chi connectivity index (χ1) is 13.0. The van der Waals surface area contributed by atoms with Gasteiger partial charge in [0.25, 0.3) is 0 Å². The molecule has 27 heavy (non-hydrogen) atoms. The largest absolute Gasteiger partial charge is 0.481 e. The minimum atomic E-state index is -1.15. The van der Waals surface area contributed by atoms with Gasteiger partial charge in [-0.05, 0) is 22.3 Å². The molecule has 0 bridgehead atoms. The van der Waals surface area contributed by atoms with Gasteiger partial charge in [-0.3, -0.25) is 9.59 Å². The Labute approximate surface area is 157 Å². The number of aliphatic carboxylic acids is 1. The van der Waals surface area contributed by atoms with Crippen LogP contribution in [0.15, 0.2) is 48.5 Å². The summed E-state index contributed by atoms with van der Waals surface area (Å²) in [4.78, 5) is 34.9. The van der Waals surface area contributed by atoms with Crippen molar-refractivity contribution in [1.29, 1.82) is 0 Å². The number of benzene rings is 2. The molecule has 6 heteroatoms. The monoisotopic (exact) mass is 367 g/mol. The van der Waals surface area contributed by atoms with Gasteiger partial charge < -0.3 is 15.2 Å². The van der Waals surface area contributed by atoms with Crippen molar-refractivity contribution >= 4 is 17.8 Å². The number of hydrogen-bond acceptors (Lipinski definition) is 4. The summed E-state index contributed by atoms with van der Waals surface area (Å²) >= 11 is 0. The van der Waals surface area contributed by atoms with E-state index in [1.807, 2.05) is 48.5 Å². The van der Waals surface area contributed by atoms with Gasteiger partial charge in [-0.2, -0.15) is 0 Å². The van der Waals surface area contributed by atoms with Crippen LogP contribution in [0.4, 0.5) is 4.79 Å². The van der Waals surface area contributed by atoms with Gasteiger partial charge in [0.1, 0.15) is 12.6 Å². The van der Waals surface area contributed by atoms with E-state index in [1.165, 1.54) is 0 Å². The Morgan fingerprint density at radius 1 is 1.04 bits per heavy atom. The Kier molecular flexibility index (Phi) is 5.54. The van der Waals surface area contributed by atoms with Gasteiger partial charge in [0.2, 0.25) is 0 Å². The number of carbonyl (C=O) groups excluding carboxylic acids is 2. The number of fused-ring (bicyclic) bond motifs is 3. The molecule has 0 radical (unpaired) electrons. The lowest BCUT2D eigenvalue weighted by Crippen LogP contribution is -2.42. The van der Waals surface area contributed by atoms with Crippen LogP contribution in [0.2, 0.25) is 0 Å². The lowest BCUT2D eigenvalue weighted by molar-refractivity contribution is -0.139. The molecule has 1 unspecified atom stereocenters. The van der Waals surface area contributed by atoms with E-state index in [2.05, 4.69) is 5.32 Å². The van der Waals surface area contributed by atoms with Crippen molar-refractivity contribution < 1.29 is 24.2 Å². The average molecular weight is 367 g/mol. The molecule has 0 heterocycles. The SMILES string of the molecule is CCC(=O)C(CC(=O)O)NC(=O)OCC1c2ccccc2-c2ccccc21. The van der Waals surface area contributed by atoms with Gasteiger partial charge in [0, 0.05) is 12.3 Å². The number of carboxylic acid groups (broad SMARTS) is 1. The van der Waals surface area contributed by atoms with E-state index in [9.17, 15) is 14.4 Å². The zero-order valence-electron chi connectivity index (χ0n) is 15.0. The van der Waals surface area contributed by atoms with Crippen LogP contribution in [0.25, 0.3) is 11.1 Å². The van der Waals surface area contributed by atoms with Gasteiger partial charge in [-0.15, -0.1) is 0 Å². The first-order valence-corrected chi connectivity index (χ1v) is 8.87. The fraction of sp³-hybridized carbons (Fsp3) is 0.286. The predicted molar refractivity (Wildman–Crippen MR) is 99.5 cm³/mol. The van der Waals surface area contributed by atoms with Crippen molar-refractivity contribution in [2.45, 2.75) is 31.7 Å². The fourth-order valence-electron chi connectivity index (χ4n) is 3.45. The molecule has 0 fully saturated rings. The first kappa shape index (κ1) is 18.6. The third-order valence-corrected chi connectivity index (χ3v) is 4.75. The molecule has 2 N–H and O–H groups in total. The summed E-state index contributed by atoms with van der Waals surface area (Å²) in [6.07, 6.45) is -1.11. The second-order valence-electron chi connectivity index (χ2n) is 6.44. The Morgan fingerprint density at radius 2 is 1.59 bits per heavy atom. The zero-order valence-corrected chi connectivity index (χ0v) is 15.0. The van der Waals surface area contributed by atoms with E-state index in [4.69, 9.17) is 9.84 Å². The molecule has 0 aromatic heterocycles. The molecule has 3 rings (SSSR count). The summed E-state index contributed by atoms with van der Waals surface area (Å²) in [5.74, 6) is -1.59. The van der Waals surface area contributed by atoms with Gasteiger partial charge in [0.15, 0.2) is 5.78 Å². The number of ketones is 1. The highest BCUT2D eigenvalue weighted by molar-refractivity contribution is 5.90. The predicted octanol–water partition coefficient (Wildman–Crippen LogP) is 3.35. The van der Waals surface area contributed by atoms with Crippen LogP contribution in [0.3, 0.4) is 0 Å². The number of carbonyl (C=O) groups is 3. The molecule has 1 amide bonds. The molecule has 1 aliphatic carbocycles. The summed E-state index contributed by atoms with van der Waals surface area (Å²) in [6, 6.07) is 14.8. The molecule has 6 nitrogen and oxygen atoms in total.